The molecular weight excluding hydrogens is 359 g/mol. The lowest BCUT2D eigenvalue weighted by Gasteiger charge is -2.26. The molecule has 1 nitrogen and oxygen atoms in total. The van der Waals surface area contributed by atoms with Gasteiger partial charge in [-0.15, -0.1) is 0 Å². The van der Waals surface area contributed by atoms with E-state index in [2.05, 4.69) is 0 Å². The SMILES string of the molecule is Nc1ccc(Cl)c(C(c2ccc(Cl)cc2)C(Cl)(Cl)Cl)c1. The second-order valence-corrected chi connectivity index (χ2v) is 7.52. The third-order valence-electron chi connectivity index (χ3n) is 2.86. The van der Waals surface area contributed by atoms with Crippen molar-refractivity contribution in [3.05, 3.63) is 63.6 Å². The molecule has 0 aliphatic rings. The Balaban J connectivity index is 2.59. The van der Waals surface area contributed by atoms with E-state index in [1.54, 1.807) is 42.5 Å². The van der Waals surface area contributed by atoms with Gasteiger partial charge in [0, 0.05) is 15.7 Å². The number of alkyl halides is 3. The molecule has 0 aromatic heterocycles. The van der Waals surface area contributed by atoms with Crippen LogP contribution in [0.3, 0.4) is 0 Å². The first-order valence-electron chi connectivity index (χ1n) is 5.66. The van der Waals surface area contributed by atoms with Gasteiger partial charge in [-0.1, -0.05) is 70.1 Å². The number of hydrogen-bond acceptors (Lipinski definition) is 1. The van der Waals surface area contributed by atoms with Crippen LogP contribution in [0.2, 0.25) is 10.0 Å². The molecule has 0 aliphatic heterocycles. The van der Waals surface area contributed by atoms with E-state index in [1.165, 1.54) is 0 Å². The summed E-state index contributed by atoms with van der Waals surface area (Å²) >= 11 is 30.5. The molecule has 1 atom stereocenters. The maximum Gasteiger partial charge on any atom is 0.201 e. The molecule has 0 radical (unpaired) electrons. The molecule has 0 heterocycles. The minimum atomic E-state index is -1.56. The number of nitrogens with two attached hydrogens (primary N) is 1. The van der Waals surface area contributed by atoms with Crippen LogP contribution in [0.25, 0.3) is 0 Å². The van der Waals surface area contributed by atoms with E-state index in [-0.39, 0.29) is 0 Å². The average Bonchev–Trinajstić information content (AvgIpc) is 2.35. The van der Waals surface area contributed by atoms with Gasteiger partial charge in [0.1, 0.15) is 0 Å². The lowest BCUT2D eigenvalue weighted by atomic mass is 9.92. The van der Waals surface area contributed by atoms with Crippen LogP contribution in [0.15, 0.2) is 42.5 Å². The van der Waals surface area contributed by atoms with Gasteiger partial charge in [0.15, 0.2) is 0 Å². The largest absolute Gasteiger partial charge is 0.399 e. The van der Waals surface area contributed by atoms with Crippen LogP contribution in [-0.4, -0.2) is 3.79 Å². The summed E-state index contributed by atoms with van der Waals surface area (Å²) < 4.78 is -1.56. The Hall–Kier alpha value is -0.310. The number of halogens is 5. The van der Waals surface area contributed by atoms with Crippen molar-refractivity contribution in [2.24, 2.45) is 0 Å². The standard InChI is InChI=1S/C14H10Cl5N/c15-9-3-1-8(2-4-9)13(14(17,18)19)11-7-10(20)5-6-12(11)16/h1-7,13H,20H2. The minimum absolute atomic E-state index is 0.491. The topological polar surface area (TPSA) is 26.0 Å². The zero-order chi connectivity index (χ0) is 14.9. The molecular formula is C14H10Cl5N. The highest BCUT2D eigenvalue weighted by Gasteiger charge is 2.36. The van der Waals surface area contributed by atoms with Crippen LogP contribution in [-0.2, 0) is 0 Å². The third kappa shape index (κ3) is 3.66. The second-order valence-electron chi connectivity index (χ2n) is 4.31. The van der Waals surface area contributed by atoms with Crippen molar-refractivity contribution in [1.82, 2.24) is 0 Å². The molecule has 2 aromatic carbocycles. The molecule has 2 aromatic rings. The van der Waals surface area contributed by atoms with Gasteiger partial charge < -0.3 is 5.73 Å². The first-order chi connectivity index (χ1) is 9.29. The van der Waals surface area contributed by atoms with Gasteiger partial charge in [-0.3, -0.25) is 0 Å². The third-order valence-corrected chi connectivity index (χ3v) is 4.11. The maximum absolute atomic E-state index is 6.22. The van der Waals surface area contributed by atoms with E-state index < -0.39 is 9.71 Å². The van der Waals surface area contributed by atoms with Crippen LogP contribution in [0.5, 0.6) is 0 Å². The fourth-order valence-corrected chi connectivity index (χ4v) is 3.07. The Bertz CT molecular complexity index is 604. The average molecular weight is 370 g/mol. The number of hydrogen-bond donors (Lipinski definition) is 1. The van der Waals surface area contributed by atoms with Crippen LogP contribution in [0.4, 0.5) is 5.69 Å². The zero-order valence-corrected chi connectivity index (χ0v) is 13.9. The van der Waals surface area contributed by atoms with Gasteiger partial charge in [0.05, 0.1) is 5.92 Å². The lowest BCUT2D eigenvalue weighted by Crippen LogP contribution is -2.19. The molecule has 0 saturated carbocycles. The molecule has 2 N–H and O–H groups in total. The summed E-state index contributed by atoms with van der Waals surface area (Å²) in [6.45, 7) is 0. The maximum atomic E-state index is 6.22. The van der Waals surface area contributed by atoms with Crippen molar-refractivity contribution >= 4 is 63.7 Å². The molecule has 20 heavy (non-hydrogen) atoms. The van der Waals surface area contributed by atoms with Crippen LogP contribution in [0, 0.1) is 0 Å². The molecule has 2 rings (SSSR count). The minimum Gasteiger partial charge on any atom is -0.399 e. The van der Waals surface area contributed by atoms with Gasteiger partial charge in [-0.05, 0) is 41.5 Å². The fraction of sp³-hybridized carbons (Fsp3) is 0.143. The summed E-state index contributed by atoms with van der Waals surface area (Å²) in [5, 5.41) is 1.10. The number of anilines is 1. The van der Waals surface area contributed by atoms with Crippen molar-refractivity contribution in [2.75, 3.05) is 5.73 Å². The summed E-state index contributed by atoms with van der Waals surface area (Å²) in [5.41, 5.74) is 7.81. The fourth-order valence-electron chi connectivity index (χ4n) is 1.98. The Kier molecular flexibility index (Phi) is 4.99. The van der Waals surface area contributed by atoms with E-state index in [4.69, 9.17) is 63.7 Å². The number of nitrogen functional groups attached to an aromatic ring is 1. The molecule has 1 unspecified atom stereocenters. The molecule has 106 valence electrons. The van der Waals surface area contributed by atoms with Gasteiger partial charge in [0.25, 0.3) is 0 Å². The molecule has 6 heteroatoms. The van der Waals surface area contributed by atoms with Gasteiger partial charge in [0.2, 0.25) is 3.79 Å². The van der Waals surface area contributed by atoms with Gasteiger partial charge in [-0.2, -0.15) is 0 Å². The zero-order valence-electron chi connectivity index (χ0n) is 10.1. The number of benzene rings is 2. The molecule has 0 bridgehead atoms. The quantitative estimate of drug-likeness (QED) is 0.504. The highest BCUT2D eigenvalue weighted by Crippen LogP contribution is 2.47. The number of rotatable bonds is 2. The summed E-state index contributed by atoms with van der Waals surface area (Å²) in [5.74, 6) is -0.541. The first kappa shape index (κ1) is 16.1. The van der Waals surface area contributed by atoms with E-state index in [1.807, 2.05) is 0 Å². The van der Waals surface area contributed by atoms with Crippen LogP contribution < -0.4 is 5.73 Å². The van der Waals surface area contributed by atoms with E-state index in [9.17, 15) is 0 Å². The first-order valence-corrected chi connectivity index (χ1v) is 7.55. The predicted octanol–water partition coefficient (Wildman–Crippen LogP) is 6.08. The highest BCUT2D eigenvalue weighted by atomic mass is 35.6. The van der Waals surface area contributed by atoms with E-state index in [0.717, 1.165) is 5.56 Å². The molecule has 0 saturated heterocycles. The monoisotopic (exact) mass is 367 g/mol. The highest BCUT2D eigenvalue weighted by molar-refractivity contribution is 6.68. The Morgan fingerprint density at radius 2 is 1.50 bits per heavy atom. The van der Waals surface area contributed by atoms with Crippen molar-refractivity contribution in [3.8, 4) is 0 Å². The van der Waals surface area contributed by atoms with Gasteiger partial charge in [-0.25, -0.2) is 0 Å². The molecule has 0 fully saturated rings. The smallest absolute Gasteiger partial charge is 0.201 e. The van der Waals surface area contributed by atoms with Crippen molar-refractivity contribution in [2.45, 2.75) is 9.71 Å². The normalized spacial score (nSPS) is 13.2. The van der Waals surface area contributed by atoms with Crippen molar-refractivity contribution < 1.29 is 0 Å². The Labute approximate surface area is 142 Å². The van der Waals surface area contributed by atoms with Crippen molar-refractivity contribution in [3.63, 3.8) is 0 Å². The second kappa shape index (κ2) is 6.21. The van der Waals surface area contributed by atoms with E-state index in [0.29, 0.717) is 21.3 Å². The summed E-state index contributed by atoms with van der Waals surface area (Å²) in [6.07, 6.45) is 0. The Morgan fingerprint density at radius 3 is 2.05 bits per heavy atom. The molecule has 0 spiro atoms. The van der Waals surface area contributed by atoms with E-state index >= 15 is 0 Å². The van der Waals surface area contributed by atoms with Gasteiger partial charge >= 0.3 is 0 Å². The Morgan fingerprint density at radius 1 is 0.900 bits per heavy atom. The summed E-state index contributed by atoms with van der Waals surface area (Å²) in [6, 6.07) is 12.2. The summed E-state index contributed by atoms with van der Waals surface area (Å²) in [4.78, 5) is 0. The molecule has 0 amide bonds. The van der Waals surface area contributed by atoms with Crippen molar-refractivity contribution in [1.29, 1.82) is 0 Å². The molecule has 0 aliphatic carbocycles. The summed E-state index contributed by atoms with van der Waals surface area (Å²) in [7, 11) is 0. The lowest BCUT2D eigenvalue weighted by molar-refractivity contribution is 0.840. The predicted molar refractivity (Wildman–Crippen MR) is 89.4 cm³/mol. The van der Waals surface area contributed by atoms with Crippen LogP contribution >= 0.6 is 58.0 Å². The van der Waals surface area contributed by atoms with Crippen LogP contribution in [0.1, 0.15) is 17.0 Å².